The van der Waals surface area contributed by atoms with Crippen LogP contribution in [0, 0.1) is 0 Å². The summed E-state index contributed by atoms with van der Waals surface area (Å²) in [6, 6.07) is 0. The Morgan fingerprint density at radius 3 is 2.31 bits per heavy atom. The van der Waals surface area contributed by atoms with Crippen LogP contribution in [0.25, 0.3) is 0 Å². The summed E-state index contributed by atoms with van der Waals surface area (Å²) in [5.41, 5.74) is 0. The molecule has 16 heavy (non-hydrogen) atoms. The molecule has 0 saturated carbocycles. The van der Waals surface area contributed by atoms with Gasteiger partial charge in [0.2, 0.25) is 5.79 Å². The molecule has 3 atom stereocenters. The van der Waals surface area contributed by atoms with Crippen molar-refractivity contribution in [2.24, 2.45) is 0 Å². The highest BCUT2D eigenvalue weighted by molar-refractivity contribution is 5.01. The fraction of sp³-hybridized carbons (Fsp3) is 1.00. The van der Waals surface area contributed by atoms with E-state index in [1.165, 1.54) is 0 Å². The first kappa shape index (κ1) is 10.9. The summed E-state index contributed by atoms with van der Waals surface area (Å²) in [6.45, 7) is 8.44. The lowest BCUT2D eigenvalue weighted by molar-refractivity contribution is -0.284. The second-order valence-electron chi connectivity index (χ2n) is 5.51. The van der Waals surface area contributed by atoms with Crippen LogP contribution in [0.1, 0.15) is 27.7 Å². The molecular formula is C11H18O5. The van der Waals surface area contributed by atoms with E-state index in [1.807, 2.05) is 27.7 Å². The van der Waals surface area contributed by atoms with Crippen LogP contribution in [0.3, 0.4) is 0 Å². The van der Waals surface area contributed by atoms with Crippen molar-refractivity contribution in [1.29, 1.82) is 0 Å². The summed E-state index contributed by atoms with van der Waals surface area (Å²) in [4.78, 5) is 0. The molecule has 0 aliphatic carbocycles. The van der Waals surface area contributed by atoms with Gasteiger partial charge in [-0.3, -0.25) is 0 Å². The van der Waals surface area contributed by atoms with Gasteiger partial charge in [0.25, 0.3) is 0 Å². The fourth-order valence-electron chi connectivity index (χ4n) is 2.60. The summed E-state index contributed by atoms with van der Waals surface area (Å²) < 4.78 is 28.7. The molecule has 0 aromatic heterocycles. The van der Waals surface area contributed by atoms with E-state index in [0.29, 0.717) is 13.2 Å². The molecular weight excluding hydrogens is 212 g/mol. The topological polar surface area (TPSA) is 46.2 Å². The molecule has 3 fully saturated rings. The summed E-state index contributed by atoms with van der Waals surface area (Å²) in [5.74, 6) is -1.98. The summed E-state index contributed by atoms with van der Waals surface area (Å²) in [7, 11) is 0. The van der Waals surface area contributed by atoms with Gasteiger partial charge in [0.05, 0.1) is 6.61 Å². The maximum Gasteiger partial charge on any atom is 0.224 e. The van der Waals surface area contributed by atoms with E-state index in [1.54, 1.807) is 0 Å². The number of rotatable bonds is 0. The quantitative estimate of drug-likeness (QED) is 0.621. The largest absolute Gasteiger partial charge is 0.345 e. The normalized spacial score (nSPS) is 48.8. The second kappa shape index (κ2) is 2.97. The molecule has 3 saturated heterocycles. The van der Waals surface area contributed by atoms with E-state index < -0.39 is 17.4 Å². The standard InChI is InChI=1S/C11H18O5/c1-9(2)13-6-11(16-9)8-7(5-12-11)14-10(3,4)15-8/h7-8H,5-6H2,1-4H3/t7-,8-,11-/m0/s1. The Balaban J connectivity index is 1.84. The third kappa shape index (κ3) is 1.50. The Hall–Kier alpha value is -0.200. The molecule has 3 aliphatic rings. The number of fused-ring (bicyclic) bond motifs is 2. The lowest BCUT2D eigenvalue weighted by Gasteiger charge is -2.29. The number of ether oxygens (including phenoxy) is 5. The van der Waals surface area contributed by atoms with Gasteiger partial charge in [-0.15, -0.1) is 0 Å². The maximum atomic E-state index is 5.86. The molecule has 3 aliphatic heterocycles. The van der Waals surface area contributed by atoms with E-state index >= 15 is 0 Å². The first-order valence-electron chi connectivity index (χ1n) is 5.66. The molecule has 0 unspecified atom stereocenters. The Bertz CT molecular complexity index is 311. The van der Waals surface area contributed by atoms with Crippen molar-refractivity contribution < 1.29 is 23.7 Å². The molecule has 0 aromatic carbocycles. The predicted octanol–water partition coefficient (Wildman–Crippen LogP) is 1.02. The van der Waals surface area contributed by atoms with Crippen LogP contribution >= 0.6 is 0 Å². The Labute approximate surface area is 94.9 Å². The first-order valence-corrected chi connectivity index (χ1v) is 5.66. The van der Waals surface area contributed by atoms with Crippen molar-refractivity contribution in [2.45, 2.75) is 57.3 Å². The molecule has 5 nitrogen and oxygen atoms in total. The van der Waals surface area contributed by atoms with E-state index in [0.717, 1.165) is 0 Å². The van der Waals surface area contributed by atoms with Crippen molar-refractivity contribution in [1.82, 2.24) is 0 Å². The minimum absolute atomic E-state index is 0.0625. The zero-order chi connectivity index (χ0) is 11.6. The molecule has 0 bridgehead atoms. The molecule has 92 valence electrons. The van der Waals surface area contributed by atoms with Crippen LogP contribution in [-0.4, -0.2) is 42.8 Å². The van der Waals surface area contributed by atoms with Crippen molar-refractivity contribution >= 4 is 0 Å². The average Bonchev–Trinajstić information content (AvgIpc) is 2.69. The highest BCUT2D eigenvalue weighted by atomic mass is 16.9. The molecule has 0 aromatic rings. The fourth-order valence-corrected chi connectivity index (χ4v) is 2.60. The van der Waals surface area contributed by atoms with Gasteiger partial charge in [-0.05, 0) is 27.7 Å². The SMILES string of the molecule is CC1(C)O[C@H]2CO[C@]3(COC(C)(C)O3)[C@H]2O1. The van der Waals surface area contributed by atoms with Gasteiger partial charge in [0, 0.05) is 0 Å². The summed E-state index contributed by atoms with van der Waals surface area (Å²) in [6.07, 6.45) is -0.267. The molecule has 1 spiro atoms. The van der Waals surface area contributed by atoms with Gasteiger partial charge in [-0.2, -0.15) is 0 Å². The maximum absolute atomic E-state index is 5.86. The molecule has 3 rings (SSSR count). The average molecular weight is 230 g/mol. The Kier molecular flexibility index (Phi) is 2.03. The molecule has 0 radical (unpaired) electrons. The third-order valence-corrected chi connectivity index (χ3v) is 3.15. The van der Waals surface area contributed by atoms with Gasteiger partial charge >= 0.3 is 0 Å². The van der Waals surface area contributed by atoms with Gasteiger partial charge in [0.15, 0.2) is 11.6 Å². The molecule has 3 heterocycles. The third-order valence-electron chi connectivity index (χ3n) is 3.15. The number of hydrogen-bond acceptors (Lipinski definition) is 5. The highest BCUT2D eigenvalue weighted by Gasteiger charge is 2.64. The van der Waals surface area contributed by atoms with Crippen molar-refractivity contribution in [2.75, 3.05) is 13.2 Å². The lowest BCUT2D eigenvalue weighted by atomic mass is 10.1. The molecule has 5 heteroatoms. The monoisotopic (exact) mass is 230 g/mol. The Morgan fingerprint density at radius 1 is 0.938 bits per heavy atom. The number of hydrogen-bond donors (Lipinski definition) is 0. The van der Waals surface area contributed by atoms with Gasteiger partial charge in [-0.25, -0.2) is 0 Å². The predicted molar refractivity (Wildman–Crippen MR) is 53.6 cm³/mol. The van der Waals surface area contributed by atoms with E-state index in [2.05, 4.69) is 0 Å². The van der Waals surface area contributed by atoms with E-state index in [4.69, 9.17) is 23.7 Å². The zero-order valence-electron chi connectivity index (χ0n) is 10.1. The van der Waals surface area contributed by atoms with E-state index in [9.17, 15) is 0 Å². The van der Waals surface area contributed by atoms with Gasteiger partial charge in [-0.1, -0.05) is 0 Å². The van der Waals surface area contributed by atoms with Gasteiger partial charge in [0.1, 0.15) is 18.8 Å². The van der Waals surface area contributed by atoms with Crippen LogP contribution in [0.15, 0.2) is 0 Å². The van der Waals surface area contributed by atoms with Crippen molar-refractivity contribution in [3.05, 3.63) is 0 Å². The minimum atomic E-state index is -0.790. The Morgan fingerprint density at radius 2 is 1.69 bits per heavy atom. The van der Waals surface area contributed by atoms with Gasteiger partial charge < -0.3 is 23.7 Å². The minimum Gasteiger partial charge on any atom is -0.345 e. The smallest absolute Gasteiger partial charge is 0.224 e. The second-order valence-corrected chi connectivity index (χ2v) is 5.51. The zero-order valence-corrected chi connectivity index (χ0v) is 10.1. The van der Waals surface area contributed by atoms with Crippen LogP contribution in [-0.2, 0) is 23.7 Å². The lowest BCUT2D eigenvalue weighted by Crippen LogP contribution is -2.46. The van der Waals surface area contributed by atoms with Crippen molar-refractivity contribution in [3.63, 3.8) is 0 Å². The first-order chi connectivity index (χ1) is 7.32. The molecule has 0 amide bonds. The van der Waals surface area contributed by atoms with Crippen LogP contribution in [0.2, 0.25) is 0 Å². The van der Waals surface area contributed by atoms with Crippen LogP contribution in [0.5, 0.6) is 0 Å². The van der Waals surface area contributed by atoms with Crippen molar-refractivity contribution in [3.8, 4) is 0 Å². The summed E-state index contributed by atoms with van der Waals surface area (Å²) >= 11 is 0. The summed E-state index contributed by atoms with van der Waals surface area (Å²) in [5, 5.41) is 0. The molecule has 0 N–H and O–H groups in total. The van der Waals surface area contributed by atoms with Crippen LogP contribution < -0.4 is 0 Å². The highest BCUT2D eigenvalue weighted by Crippen LogP contribution is 2.46. The van der Waals surface area contributed by atoms with Crippen LogP contribution in [0.4, 0.5) is 0 Å². The van der Waals surface area contributed by atoms with E-state index in [-0.39, 0.29) is 12.2 Å².